The minimum atomic E-state index is -0.659. The van der Waals surface area contributed by atoms with E-state index in [4.69, 9.17) is 9.47 Å². The van der Waals surface area contributed by atoms with Crippen LogP contribution in [0.2, 0.25) is 0 Å². The maximum Gasteiger partial charge on any atom is 0.269 e. The van der Waals surface area contributed by atoms with Gasteiger partial charge in [0, 0.05) is 23.3 Å². The molecule has 0 unspecified atom stereocenters. The van der Waals surface area contributed by atoms with Crippen molar-refractivity contribution in [2.24, 2.45) is 0 Å². The zero-order chi connectivity index (χ0) is 22.5. The van der Waals surface area contributed by atoms with Gasteiger partial charge in [0.25, 0.3) is 5.69 Å². The Bertz CT molecular complexity index is 857. The second kappa shape index (κ2) is 9.45. The minimum Gasteiger partial charge on any atom is -0.497 e. The van der Waals surface area contributed by atoms with Crippen molar-refractivity contribution in [1.29, 1.82) is 0 Å². The lowest BCUT2D eigenvalue weighted by atomic mass is 9.86. The largest absolute Gasteiger partial charge is 0.497 e. The predicted octanol–water partition coefficient (Wildman–Crippen LogP) is 3.92. The molecule has 0 radical (unpaired) electrons. The van der Waals surface area contributed by atoms with E-state index in [2.05, 4.69) is 20.8 Å². The fourth-order valence-corrected chi connectivity index (χ4v) is 3.44. The molecule has 0 amide bonds. The van der Waals surface area contributed by atoms with E-state index in [1.807, 2.05) is 32.3 Å². The number of aliphatic hydroxyl groups is 1. The second-order valence-corrected chi connectivity index (χ2v) is 9.28. The van der Waals surface area contributed by atoms with Gasteiger partial charge >= 0.3 is 0 Å². The van der Waals surface area contributed by atoms with E-state index in [-0.39, 0.29) is 17.7 Å². The van der Waals surface area contributed by atoms with Crippen LogP contribution in [-0.4, -0.2) is 55.0 Å². The summed E-state index contributed by atoms with van der Waals surface area (Å²) in [6.07, 6.45) is -0.659. The van der Waals surface area contributed by atoms with Crippen LogP contribution in [0.3, 0.4) is 0 Å². The Balaban J connectivity index is 1.99. The van der Waals surface area contributed by atoms with Gasteiger partial charge in [-0.05, 0) is 35.7 Å². The number of nitrogens with zero attached hydrogens (tertiary/aromatic N) is 2. The molecule has 2 aromatic carbocycles. The van der Waals surface area contributed by atoms with E-state index in [1.54, 1.807) is 19.2 Å². The average Bonchev–Trinajstić information content (AvgIpc) is 2.65. The number of rotatable bonds is 9. The number of aliphatic hydroxyl groups excluding tert-OH is 1. The first-order valence-electron chi connectivity index (χ1n) is 9.96. The summed E-state index contributed by atoms with van der Waals surface area (Å²) in [5, 5.41) is 21.4. The standard InChI is InChI=1S/C23H33N2O5/c1-23(2,3)21-13-20(29-6)11-12-22(21)30-16-19(26)15-25(4,5)14-17-7-9-18(10-8-17)24(27)28/h7-13,19,26H,14-16H2,1-6H3/q+1/t19-/m0/s1. The van der Waals surface area contributed by atoms with Crippen LogP contribution in [-0.2, 0) is 12.0 Å². The van der Waals surface area contributed by atoms with E-state index in [0.29, 0.717) is 17.6 Å². The minimum absolute atomic E-state index is 0.0756. The molecule has 7 nitrogen and oxygen atoms in total. The van der Waals surface area contributed by atoms with Crippen molar-refractivity contribution >= 4 is 5.69 Å². The van der Waals surface area contributed by atoms with Crippen molar-refractivity contribution in [1.82, 2.24) is 0 Å². The SMILES string of the molecule is COc1ccc(OC[C@@H](O)C[N+](C)(C)Cc2ccc([N+](=O)[O-])cc2)c(C(C)(C)C)c1. The van der Waals surface area contributed by atoms with Gasteiger partial charge in [0.15, 0.2) is 0 Å². The van der Waals surface area contributed by atoms with Gasteiger partial charge in [-0.15, -0.1) is 0 Å². The van der Waals surface area contributed by atoms with Crippen molar-refractivity contribution in [3.63, 3.8) is 0 Å². The van der Waals surface area contributed by atoms with Crippen LogP contribution in [0.25, 0.3) is 0 Å². The summed E-state index contributed by atoms with van der Waals surface area (Å²) < 4.78 is 11.8. The number of quaternary nitrogens is 1. The first-order valence-corrected chi connectivity index (χ1v) is 9.96. The molecule has 0 heterocycles. The van der Waals surface area contributed by atoms with Gasteiger partial charge in [-0.25, -0.2) is 0 Å². The molecule has 1 atom stereocenters. The Morgan fingerprint density at radius 2 is 1.77 bits per heavy atom. The van der Waals surface area contributed by atoms with E-state index in [0.717, 1.165) is 22.6 Å². The number of nitro groups is 1. The highest BCUT2D eigenvalue weighted by atomic mass is 16.6. The van der Waals surface area contributed by atoms with Crippen molar-refractivity contribution in [2.75, 3.05) is 34.4 Å². The average molecular weight is 418 g/mol. The number of hydrogen-bond acceptors (Lipinski definition) is 5. The van der Waals surface area contributed by atoms with E-state index in [1.165, 1.54) is 12.1 Å². The summed E-state index contributed by atoms with van der Waals surface area (Å²) in [4.78, 5) is 10.4. The zero-order valence-corrected chi connectivity index (χ0v) is 18.7. The third kappa shape index (κ3) is 6.71. The maximum absolute atomic E-state index is 10.8. The molecule has 0 aromatic heterocycles. The summed E-state index contributed by atoms with van der Waals surface area (Å²) in [6, 6.07) is 12.2. The van der Waals surface area contributed by atoms with Crippen molar-refractivity contribution < 1.29 is 24.0 Å². The maximum atomic E-state index is 10.8. The Kier molecular flexibility index (Phi) is 7.44. The molecule has 2 aromatic rings. The zero-order valence-electron chi connectivity index (χ0n) is 18.7. The first-order chi connectivity index (χ1) is 13.9. The molecule has 0 bridgehead atoms. The van der Waals surface area contributed by atoms with Gasteiger partial charge in [0.1, 0.15) is 37.3 Å². The second-order valence-electron chi connectivity index (χ2n) is 9.28. The number of methoxy groups -OCH3 is 1. The lowest BCUT2D eigenvalue weighted by Gasteiger charge is -2.32. The molecule has 0 saturated heterocycles. The Hall–Kier alpha value is -2.64. The predicted molar refractivity (Wildman–Crippen MR) is 117 cm³/mol. The highest BCUT2D eigenvalue weighted by molar-refractivity contribution is 5.44. The quantitative estimate of drug-likeness (QED) is 0.380. The van der Waals surface area contributed by atoms with E-state index >= 15 is 0 Å². The lowest BCUT2D eigenvalue weighted by molar-refractivity contribution is -0.906. The molecule has 1 N–H and O–H groups in total. The highest BCUT2D eigenvalue weighted by Crippen LogP contribution is 2.34. The topological polar surface area (TPSA) is 81.8 Å². The number of likely N-dealkylation sites (N-methyl/N-ethyl adjacent to an activating group) is 1. The molecule has 30 heavy (non-hydrogen) atoms. The molecular formula is C23H33N2O5+. The summed E-state index contributed by atoms with van der Waals surface area (Å²) >= 11 is 0. The summed E-state index contributed by atoms with van der Waals surface area (Å²) in [5.41, 5.74) is 1.95. The Morgan fingerprint density at radius 1 is 1.13 bits per heavy atom. The molecule has 164 valence electrons. The third-order valence-electron chi connectivity index (χ3n) is 4.89. The number of benzene rings is 2. The van der Waals surface area contributed by atoms with Gasteiger partial charge in [-0.3, -0.25) is 10.1 Å². The number of nitro benzene ring substituents is 1. The fourth-order valence-electron chi connectivity index (χ4n) is 3.44. The highest BCUT2D eigenvalue weighted by Gasteiger charge is 2.24. The van der Waals surface area contributed by atoms with Crippen LogP contribution in [0.5, 0.6) is 11.5 Å². The van der Waals surface area contributed by atoms with Crippen LogP contribution in [0, 0.1) is 10.1 Å². The molecule has 7 heteroatoms. The van der Waals surface area contributed by atoms with Gasteiger partial charge in [-0.1, -0.05) is 20.8 Å². The van der Waals surface area contributed by atoms with Crippen LogP contribution >= 0.6 is 0 Å². The molecule has 0 aliphatic heterocycles. The number of ether oxygens (including phenoxy) is 2. The molecule has 0 spiro atoms. The fraction of sp³-hybridized carbons (Fsp3) is 0.478. The number of hydrogen-bond donors (Lipinski definition) is 1. The van der Waals surface area contributed by atoms with Crippen LogP contribution in [0.15, 0.2) is 42.5 Å². The lowest BCUT2D eigenvalue weighted by Crippen LogP contribution is -2.46. The number of non-ortho nitro benzene ring substituents is 1. The molecule has 0 aliphatic rings. The molecule has 0 fully saturated rings. The first kappa shape index (κ1) is 23.6. The van der Waals surface area contributed by atoms with Gasteiger partial charge < -0.3 is 19.1 Å². The van der Waals surface area contributed by atoms with Gasteiger partial charge in [0.05, 0.1) is 26.1 Å². The third-order valence-corrected chi connectivity index (χ3v) is 4.89. The van der Waals surface area contributed by atoms with E-state index < -0.39 is 11.0 Å². The monoisotopic (exact) mass is 417 g/mol. The van der Waals surface area contributed by atoms with Crippen molar-refractivity contribution in [3.8, 4) is 11.5 Å². The van der Waals surface area contributed by atoms with Crippen LogP contribution < -0.4 is 9.47 Å². The summed E-state index contributed by atoms with van der Waals surface area (Å²) in [7, 11) is 5.66. The molecule has 0 aliphatic carbocycles. The van der Waals surface area contributed by atoms with Crippen molar-refractivity contribution in [2.45, 2.75) is 38.8 Å². The molecule has 0 saturated carbocycles. The normalized spacial score (nSPS) is 13.0. The van der Waals surface area contributed by atoms with Crippen molar-refractivity contribution in [3.05, 3.63) is 63.7 Å². The van der Waals surface area contributed by atoms with Gasteiger partial charge in [-0.2, -0.15) is 0 Å². The summed E-state index contributed by atoms with van der Waals surface area (Å²) in [5.74, 6) is 1.51. The van der Waals surface area contributed by atoms with Crippen LogP contribution in [0.4, 0.5) is 5.69 Å². The van der Waals surface area contributed by atoms with Gasteiger partial charge in [0.2, 0.25) is 0 Å². The Morgan fingerprint density at radius 3 is 2.30 bits per heavy atom. The van der Waals surface area contributed by atoms with E-state index in [9.17, 15) is 15.2 Å². The van der Waals surface area contributed by atoms with Crippen LogP contribution in [0.1, 0.15) is 31.9 Å². The molecular weight excluding hydrogens is 384 g/mol. The Labute approximate surface area is 178 Å². The summed E-state index contributed by atoms with van der Waals surface area (Å²) in [6.45, 7) is 7.62. The molecule has 2 rings (SSSR count). The smallest absolute Gasteiger partial charge is 0.269 e.